The number of nitrogen functional groups attached to an aromatic ring is 1. The van der Waals surface area contributed by atoms with Gasteiger partial charge in [0.25, 0.3) is 0 Å². The summed E-state index contributed by atoms with van der Waals surface area (Å²) >= 11 is 0. The van der Waals surface area contributed by atoms with Crippen molar-refractivity contribution >= 4 is 11.6 Å². The third kappa shape index (κ3) is 5.19. The Balaban J connectivity index is 2.32. The summed E-state index contributed by atoms with van der Waals surface area (Å²) in [4.78, 5) is 13.5. The van der Waals surface area contributed by atoms with E-state index in [1.807, 2.05) is 31.2 Å². The normalized spacial score (nSPS) is 10.3. The van der Waals surface area contributed by atoms with E-state index >= 15 is 0 Å². The van der Waals surface area contributed by atoms with Gasteiger partial charge in [-0.15, -0.1) is 0 Å². The number of carbonyl (C=O) groups is 1. The van der Waals surface area contributed by atoms with E-state index in [1.165, 1.54) is 0 Å². The lowest BCUT2D eigenvalue weighted by Crippen LogP contribution is -2.30. The molecule has 1 amide bonds. The molecule has 0 atom stereocenters. The predicted octanol–water partition coefficient (Wildman–Crippen LogP) is 1.70. The maximum atomic E-state index is 11.8. The fourth-order valence-corrected chi connectivity index (χ4v) is 1.66. The Morgan fingerprint density at radius 2 is 2.22 bits per heavy atom. The standard InChI is InChI=1S/C14H22N2O2/c1-3-18-10-9-16(2)14(17)8-7-12-5-4-6-13(15)11-12/h4-6,11H,3,7-10,15H2,1-2H3. The summed E-state index contributed by atoms with van der Waals surface area (Å²) in [5.74, 6) is 0.136. The molecule has 0 saturated carbocycles. The lowest BCUT2D eigenvalue weighted by molar-refractivity contribution is -0.130. The third-order valence-corrected chi connectivity index (χ3v) is 2.78. The van der Waals surface area contributed by atoms with E-state index in [0.29, 0.717) is 26.2 Å². The minimum absolute atomic E-state index is 0.136. The van der Waals surface area contributed by atoms with Gasteiger partial charge in [0.15, 0.2) is 0 Å². The molecule has 0 aromatic heterocycles. The first kappa shape index (κ1) is 14.5. The smallest absolute Gasteiger partial charge is 0.222 e. The lowest BCUT2D eigenvalue weighted by atomic mass is 10.1. The topological polar surface area (TPSA) is 55.6 Å². The van der Waals surface area contributed by atoms with E-state index in [9.17, 15) is 4.79 Å². The van der Waals surface area contributed by atoms with Crippen molar-refractivity contribution in [1.29, 1.82) is 0 Å². The number of benzene rings is 1. The fourth-order valence-electron chi connectivity index (χ4n) is 1.66. The molecule has 4 heteroatoms. The molecule has 0 fully saturated rings. The molecule has 18 heavy (non-hydrogen) atoms. The molecule has 2 N–H and O–H groups in total. The van der Waals surface area contributed by atoms with Crippen LogP contribution in [-0.4, -0.2) is 37.6 Å². The second kappa shape index (κ2) is 7.71. The number of likely N-dealkylation sites (N-methyl/N-ethyl adjacent to an activating group) is 1. The van der Waals surface area contributed by atoms with Crippen LogP contribution in [0.3, 0.4) is 0 Å². The Hall–Kier alpha value is -1.55. The van der Waals surface area contributed by atoms with Crippen molar-refractivity contribution in [3.8, 4) is 0 Å². The summed E-state index contributed by atoms with van der Waals surface area (Å²) in [6, 6.07) is 7.66. The van der Waals surface area contributed by atoms with Gasteiger partial charge < -0.3 is 15.4 Å². The highest BCUT2D eigenvalue weighted by atomic mass is 16.5. The number of carbonyl (C=O) groups excluding carboxylic acids is 1. The average molecular weight is 250 g/mol. The zero-order valence-corrected chi connectivity index (χ0v) is 11.2. The van der Waals surface area contributed by atoms with Crippen molar-refractivity contribution in [2.24, 2.45) is 0 Å². The van der Waals surface area contributed by atoms with E-state index in [1.54, 1.807) is 11.9 Å². The van der Waals surface area contributed by atoms with Crippen LogP contribution >= 0.6 is 0 Å². The van der Waals surface area contributed by atoms with Crippen LogP contribution in [0.1, 0.15) is 18.9 Å². The van der Waals surface area contributed by atoms with Crippen molar-refractivity contribution < 1.29 is 9.53 Å². The number of anilines is 1. The van der Waals surface area contributed by atoms with Crippen LogP contribution < -0.4 is 5.73 Å². The molecule has 0 saturated heterocycles. The quantitative estimate of drug-likeness (QED) is 0.592. The van der Waals surface area contributed by atoms with Crippen LogP contribution in [0.25, 0.3) is 0 Å². The Morgan fingerprint density at radius 1 is 1.44 bits per heavy atom. The minimum atomic E-state index is 0.136. The fraction of sp³-hybridized carbons (Fsp3) is 0.500. The van der Waals surface area contributed by atoms with Crippen molar-refractivity contribution in [3.05, 3.63) is 29.8 Å². The van der Waals surface area contributed by atoms with Crippen LogP contribution in [0.5, 0.6) is 0 Å². The van der Waals surface area contributed by atoms with Gasteiger partial charge in [-0.1, -0.05) is 12.1 Å². The second-order valence-corrected chi connectivity index (χ2v) is 4.26. The van der Waals surface area contributed by atoms with Gasteiger partial charge in [-0.3, -0.25) is 4.79 Å². The molecule has 1 aromatic carbocycles. The number of hydrogen-bond acceptors (Lipinski definition) is 3. The zero-order valence-electron chi connectivity index (χ0n) is 11.2. The highest BCUT2D eigenvalue weighted by Crippen LogP contribution is 2.09. The second-order valence-electron chi connectivity index (χ2n) is 4.26. The maximum Gasteiger partial charge on any atom is 0.222 e. The monoisotopic (exact) mass is 250 g/mol. The third-order valence-electron chi connectivity index (χ3n) is 2.78. The van der Waals surface area contributed by atoms with Crippen LogP contribution in [-0.2, 0) is 16.0 Å². The van der Waals surface area contributed by atoms with Gasteiger partial charge in [0, 0.05) is 32.3 Å². The van der Waals surface area contributed by atoms with Gasteiger partial charge in [0.1, 0.15) is 0 Å². The number of amides is 1. The largest absolute Gasteiger partial charge is 0.399 e. The summed E-state index contributed by atoms with van der Waals surface area (Å²) in [6.45, 7) is 3.87. The Bertz CT molecular complexity index is 380. The zero-order chi connectivity index (χ0) is 13.4. The molecular formula is C14H22N2O2. The first-order valence-electron chi connectivity index (χ1n) is 6.29. The molecule has 0 radical (unpaired) electrons. The van der Waals surface area contributed by atoms with E-state index in [0.717, 1.165) is 17.7 Å². The van der Waals surface area contributed by atoms with Crippen LogP contribution in [0.15, 0.2) is 24.3 Å². The SMILES string of the molecule is CCOCCN(C)C(=O)CCc1cccc(N)c1. The predicted molar refractivity (Wildman–Crippen MR) is 73.3 cm³/mol. The maximum absolute atomic E-state index is 11.8. The van der Waals surface area contributed by atoms with Crippen LogP contribution in [0, 0.1) is 0 Å². The molecule has 1 aromatic rings. The number of nitrogens with two attached hydrogens (primary N) is 1. The van der Waals surface area contributed by atoms with Crippen molar-refractivity contribution in [2.45, 2.75) is 19.8 Å². The average Bonchev–Trinajstić information content (AvgIpc) is 2.36. The van der Waals surface area contributed by atoms with Crippen LogP contribution in [0.4, 0.5) is 5.69 Å². The number of nitrogens with zero attached hydrogens (tertiary/aromatic N) is 1. The minimum Gasteiger partial charge on any atom is -0.399 e. The first-order chi connectivity index (χ1) is 8.63. The number of aryl methyl sites for hydroxylation is 1. The van der Waals surface area contributed by atoms with E-state index in [4.69, 9.17) is 10.5 Å². The molecule has 4 nitrogen and oxygen atoms in total. The van der Waals surface area contributed by atoms with E-state index in [-0.39, 0.29) is 5.91 Å². The number of ether oxygens (including phenoxy) is 1. The lowest BCUT2D eigenvalue weighted by Gasteiger charge is -2.16. The molecule has 1 rings (SSSR count). The molecule has 0 aliphatic carbocycles. The first-order valence-corrected chi connectivity index (χ1v) is 6.29. The highest BCUT2D eigenvalue weighted by Gasteiger charge is 2.08. The number of rotatable bonds is 7. The molecule has 0 aliphatic heterocycles. The molecule has 0 unspecified atom stereocenters. The van der Waals surface area contributed by atoms with Crippen LogP contribution in [0.2, 0.25) is 0 Å². The molecular weight excluding hydrogens is 228 g/mol. The van der Waals surface area contributed by atoms with Gasteiger partial charge in [-0.25, -0.2) is 0 Å². The summed E-state index contributed by atoms with van der Waals surface area (Å²) in [7, 11) is 1.81. The molecule has 0 heterocycles. The molecule has 100 valence electrons. The van der Waals surface area contributed by atoms with Gasteiger partial charge in [0.2, 0.25) is 5.91 Å². The van der Waals surface area contributed by atoms with Gasteiger partial charge >= 0.3 is 0 Å². The molecule has 0 aliphatic rings. The van der Waals surface area contributed by atoms with Gasteiger partial charge in [0.05, 0.1) is 6.61 Å². The Morgan fingerprint density at radius 3 is 2.89 bits per heavy atom. The summed E-state index contributed by atoms with van der Waals surface area (Å²) in [5, 5.41) is 0. The van der Waals surface area contributed by atoms with Crippen molar-refractivity contribution in [1.82, 2.24) is 4.90 Å². The van der Waals surface area contributed by atoms with Crippen molar-refractivity contribution in [2.75, 3.05) is 32.5 Å². The van der Waals surface area contributed by atoms with E-state index < -0.39 is 0 Å². The Labute approximate surface area is 109 Å². The van der Waals surface area contributed by atoms with Gasteiger partial charge in [-0.05, 0) is 31.0 Å². The molecule has 0 bridgehead atoms. The molecule has 0 spiro atoms. The highest BCUT2D eigenvalue weighted by molar-refractivity contribution is 5.76. The van der Waals surface area contributed by atoms with Crippen molar-refractivity contribution in [3.63, 3.8) is 0 Å². The van der Waals surface area contributed by atoms with Gasteiger partial charge in [-0.2, -0.15) is 0 Å². The number of hydrogen-bond donors (Lipinski definition) is 1. The summed E-state index contributed by atoms with van der Waals surface area (Å²) < 4.78 is 5.22. The Kier molecular flexibility index (Phi) is 6.22. The summed E-state index contributed by atoms with van der Waals surface area (Å²) in [6.07, 6.45) is 1.23. The van der Waals surface area contributed by atoms with E-state index in [2.05, 4.69) is 0 Å². The summed E-state index contributed by atoms with van der Waals surface area (Å²) in [5.41, 5.74) is 7.53.